The lowest BCUT2D eigenvalue weighted by molar-refractivity contribution is -0.135. The summed E-state index contributed by atoms with van der Waals surface area (Å²) in [5, 5.41) is 9.52. The number of aliphatic hydroxyl groups excluding tert-OH is 1. The summed E-state index contributed by atoms with van der Waals surface area (Å²) in [5.74, 6) is 0.721. The number of carbonyl (C=O) groups excluding carboxylic acids is 1. The number of amides is 1. The van der Waals surface area contributed by atoms with Gasteiger partial charge in [0.25, 0.3) is 0 Å². The highest BCUT2D eigenvalue weighted by atomic mass is 16.5. The van der Waals surface area contributed by atoms with Gasteiger partial charge in [-0.2, -0.15) is 0 Å². The number of β-amino-alcohol motifs (C(OH)–C–C–N with tert-alkyl or cyclic N) is 1. The lowest BCUT2D eigenvalue weighted by Gasteiger charge is -2.30. The van der Waals surface area contributed by atoms with E-state index in [9.17, 15) is 9.90 Å². The van der Waals surface area contributed by atoms with Crippen LogP contribution >= 0.6 is 0 Å². The molecule has 2 unspecified atom stereocenters. The monoisotopic (exact) mass is 257 g/mol. The highest BCUT2D eigenvalue weighted by Gasteiger charge is 2.21. The fraction of sp³-hybridized carbons (Fsp3) is 0.929. The minimum absolute atomic E-state index is 0.102. The van der Waals surface area contributed by atoms with Gasteiger partial charge in [-0.25, -0.2) is 0 Å². The Hall–Kier alpha value is -0.610. The minimum atomic E-state index is -0.344. The summed E-state index contributed by atoms with van der Waals surface area (Å²) in [6.45, 7) is 8.13. The average Bonchev–Trinajstić information content (AvgIpc) is 2.27. The molecule has 0 aromatic heterocycles. The zero-order valence-corrected chi connectivity index (χ0v) is 11.9. The molecule has 0 aliphatic carbocycles. The molecular weight excluding hydrogens is 230 g/mol. The highest BCUT2D eigenvalue weighted by molar-refractivity contribution is 5.76. The molecular formula is C14H27NO3. The number of nitrogens with zero attached hydrogens (tertiary/aromatic N) is 1. The van der Waals surface area contributed by atoms with Crippen LogP contribution in [0.3, 0.4) is 0 Å². The van der Waals surface area contributed by atoms with Crippen molar-refractivity contribution < 1.29 is 14.6 Å². The molecule has 4 heteroatoms. The van der Waals surface area contributed by atoms with Gasteiger partial charge in [-0.3, -0.25) is 4.79 Å². The number of aliphatic hydroxyl groups is 1. The van der Waals surface area contributed by atoms with Crippen LogP contribution in [0, 0.1) is 5.92 Å². The molecule has 0 saturated carbocycles. The van der Waals surface area contributed by atoms with E-state index < -0.39 is 0 Å². The van der Waals surface area contributed by atoms with Gasteiger partial charge in [-0.15, -0.1) is 0 Å². The maximum absolute atomic E-state index is 11.9. The quantitative estimate of drug-likeness (QED) is 0.789. The van der Waals surface area contributed by atoms with Gasteiger partial charge < -0.3 is 14.7 Å². The van der Waals surface area contributed by atoms with Crippen molar-refractivity contribution in [2.24, 2.45) is 5.92 Å². The number of rotatable bonds is 6. The Kier molecular flexibility index (Phi) is 6.65. The first-order valence-corrected chi connectivity index (χ1v) is 7.06. The molecule has 1 N–H and O–H groups in total. The molecule has 2 atom stereocenters. The molecule has 1 fully saturated rings. The number of hydrogen-bond donors (Lipinski definition) is 1. The number of likely N-dealkylation sites (tertiary alicyclic amines) is 1. The van der Waals surface area contributed by atoms with Crippen molar-refractivity contribution in [3.05, 3.63) is 0 Å². The maximum Gasteiger partial charge on any atom is 0.224 e. The summed E-state index contributed by atoms with van der Waals surface area (Å²) in [6.07, 6.45) is 3.03. The zero-order valence-electron chi connectivity index (χ0n) is 11.9. The van der Waals surface area contributed by atoms with Gasteiger partial charge in [0.2, 0.25) is 5.91 Å². The van der Waals surface area contributed by atoms with Crippen LogP contribution in [-0.4, -0.2) is 47.8 Å². The number of hydrogen-bond acceptors (Lipinski definition) is 3. The van der Waals surface area contributed by atoms with E-state index in [0.717, 1.165) is 25.8 Å². The molecule has 1 heterocycles. The smallest absolute Gasteiger partial charge is 0.224 e. The molecule has 1 rings (SSSR count). The second-order valence-electron chi connectivity index (χ2n) is 5.70. The predicted octanol–water partition coefficient (Wildman–Crippen LogP) is 1.81. The Bertz CT molecular complexity index is 255. The minimum Gasteiger partial charge on any atom is -0.391 e. The van der Waals surface area contributed by atoms with E-state index in [4.69, 9.17) is 4.74 Å². The van der Waals surface area contributed by atoms with Gasteiger partial charge in [-0.05, 0) is 32.1 Å². The van der Waals surface area contributed by atoms with E-state index in [0.29, 0.717) is 25.5 Å². The number of carbonyl (C=O) groups is 1. The zero-order chi connectivity index (χ0) is 13.5. The molecule has 1 saturated heterocycles. The summed E-state index contributed by atoms with van der Waals surface area (Å²) in [4.78, 5) is 13.6. The lowest BCUT2D eigenvalue weighted by atomic mass is 10.1. The predicted molar refractivity (Wildman–Crippen MR) is 71.3 cm³/mol. The standard InChI is InChI=1S/C14H27NO3/c1-11(2)9-12(3)18-8-6-14(17)15-7-4-5-13(16)10-15/h11-13,16H,4-10H2,1-3H3. The fourth-order valence-corrected chi connectivity index (χ4v) is 2.42. The molecule has 106 valence electrons. The van der Waals surface area contributed by atoms with Crippen molar-refractivity contribution in [3.63, 3.8) is 0 Å². The van der Waals surface area contributed by atoms with Gasteiger partial charge >= 0.3 is 0 Å². The Labute approximate surface area is 110 Å². The van der Waals surface area contributed by atoms with Crippen molar-refractivity contribution in [3.8, 4) is 0 Å². The molecule has 0 bridgehead atoms. The van der Waals surface area contributed by atoms with E-state index in [1.165, 1.54) is 0 Å². The van der Waals surface area contributed by atoms with Crippen LogP contribution in [0.15, 0.2) is 0 Å². The average molecular weight is 257 g/mol. The van der Waals surface area contributed by atoms with Crippen molar-refractivity contribution in [1.29, 1.82) is 0 Å². The normalized spacial score (nSPS) is 22.3. The number of piperidine rings is 1. The molecule has 1 aliphatic rings. The molecule has 18 heavy (non-hydrogen) atoms. The Morgan fingerprint density at radius 2 is 2.17 bits per heavy atom. The topological polar surface area (TPSA) is 49.8 Å². The van der Waals surface area contributed by atoms with Crippen LogP contribution in [-0.2, 0) is 9.53 Å². The first kappa shape index (κ1) is 15.4. The Balaban J connectivity index is 2.16. The third-order valence-corrected chi connectivity index (χ3v) is 3.27. The molecule has 4 nitrogen and oxygen atoms in total. The van der Waals surface area contributed by atoms with Crippen LogP contribution in [0.4, 0.5) is 0 Å². The van der Waals surface area contributed by atoms with Crippen LogP contribution < -0.4 is 0 Å². The summed E-state index contributed by atoms with van der Waals surface area (Å²) in [6, 6.07) is 0. The number of ether oxygens (including phenoxy) is 1. The van der Waals surface area contributed by atoms with Gasteiger partial charge in [0.05, 0.1) is 25.2 Å². The van der Waals surface area contributed by atoms with E-state index in [1.807, 2.05) is 0 Å². The van der Waals surface area contributed by atoms with Crippen molar-refractivity contribution in [1.82, 2.24) is 4.90 Å². The molecule has 0 spiro atoms. The van der Waals surface area contributed by atoms with Crippen LogP contribution in [0.2, 0.25) is 0 Å². The summed E-state index contributed by atoms with van der Waals surface area (Å²) in [5.41, 5.74) is 0. The second-order valence-corrected chi connectivity index (χ2v) is 5.70. The van der Waals surface area contributed by atoms with Crippen LogP contribution in [0.5, 0.6) is 0 Å². The fourth-order valence-electron chi connectivity index (χ4n) is 2.42. The van der Waals surface area contributed by atoms with Crippen molar-refractivity contribution in [2.75, 3.05) is 19.7 Å². The van der Waals surface area contributed by atoms with Crippen LogP contribution in [0.25, 0.3) is 0 Å². The maximum atomic E-state index is 11.9. The van der Waals surface area contributed by atoms with Crippen molar-refractivity contribution >= 4 is 5.91 Å². The Morgan fingerprint density at radius 1 is 1.44 bits per heavy atom. The summed E-state index contributed by atoms with van der Waals surface area (Å²) in [7, 11) is 0. The molecule has 0 aromatic rings. The first-order chi connectivity index (χ1) is 8.49. The van der Waals surface area contributed by atoms with Gasteiger partial charge in [0, 0.05) is 13.1 Å². The van der Waals surface area contributed by atoms with E-state index >= 15 is 0 Å². The third kappa shape index (κ3) is 5.83. The largest absolute Gasteiger partial charge is 0.391 e. The van der Waals surface area contributed by atoms with E-state index in [-0.39, 0.29) is 18.1 Å². The van der Waals surface area contributed by atoms with Gasteiger partial charge in [-0.1, -0.05) is 13.8 Å². The van der Waals surface area contributed by atoms with Gasteiger partial charge in [0.1, 0.15) is 0 Å². The van der Waals surface area contributed by atoms with E-state index in [2.05, 4.69) is 20.8 Å². The second kappa shape index (κ2) is 7.74. The Morgan fingerprint density at radius 3 is 2.78 bits per heavy atom. The summed E-state index contributed by atoms with van der Waals surface area (Å²) >= 11 is 0. The third-order valence-electron chi connectivity index (χ3n) is 3.27. The van der Waals surface area contributed by atoms with Crippen molar-refractivity contribution in [2.45, 2.75) is 58.7 Å². The molecule has 1 amide bonds. The SMILES string of the molecule is CC(C)CC(C)OCCC(=O)N1CCCC(O)C1. The highest BCUT2D eigenvalue weighted by Crippen LogP contribution is 2.12. The summed E-state index contributed by atoms with van der Waals surface area (Å²) < 4.78 is 5.63. The van der Waals surface area contributed by atoms with Gasteiger partial charge in [0.15, 0.2) is 0 Å². The lowest BCUT2D eigenvalue weighted by Crippen LogP contribution is -2.42. The molecule has 0 radical (unpaired) electrons. The molecule has 0 aromatic carbocycles. The first-order valence-electron chi connectivity index (χ1n) is 7.06. The van der Waals surface area contributed by atoms with Crippen LogP contribution in [0.1, 0.15) is 46.5 Å². The molecule has 1 aliphatic heterocycles. The van der Waals surface area contributed by atoms with E-state index in [1.54, 1.807) is 4.90 Å².